The predicted octanol–water partition coefficient (Wildman–Crippen LogP) is 2.71. The lowest BCUT2D eigenvalue weighted by atomic mass is 10.0. The molecule has 0 amide bonds. The van der Waals surface area contributed by atoms with Gasteiger partial charge in [0.25, 0.3) is 0 Å². The van der Waals surface area contributed by atoms with Crippen LogP contribution in [-0.2, 0) is 14.8 Å². The molecule has 1 saturated heterocycles. The zero-order valence-corrected chi connectivity index (χ0v) is 19.3. The van der Waals surface area contributed by atoms with Gasteiger partial charge < -0.3 is 19.6 Å². The van der Waals surface area contributed by atoms with Crippen molar-refractivity contribution >= 4 is 26.9 Å². The molecule has 176 valence electrons. The first-order chi connectivity index (χ1) is 15.8. The Labute approximate surface area is 192 Å². The standard InChI is InChI=1S/C23H27N3O6S/c1-3-32-16-4-7-18(8-5-16)33(29,30)26-12-10-25(11-13-26)22(23(27)28)20-15-24-21-9-6-17(31-2)14-19(20)21/h4-9,14-15,22,24H,3,10-13H2,1-2H3,(H,27,28)/t22-/m1/s1. The minimum atomic E-state index is -3.68. The Morgan fingerprint density at radius 3 is 2.36 bits per heavy atom. The van der Waals surface area contributed by atoms with Gasteiger partial charge in [0, 0.05) is 48.8 Å². The number of benzene rings is 2. The maximum Gasteiger partial charge on any atom is 0.325 e. The number of nitrogens with zero attached hydrogens (tertiary/aromatic N) is 2. The third kappa shape index (κ3) is 4.54. The van der Waals surface area contributed by atoms with E-state index in [9.17, 15) is 18.3 Å². The van der Waals surface area contributed by atoms with E-state index in [4.69, 9.17) is 9.47 Å². The molecule has 2 N–H and O–H groups in total. The third-order valence-corrected chi connectivity index (χ3v) is 7.77. The number of ether oxygens (including phenoxy) is 2. The Hall–Kier alpha value is -3.08. The minimum Gasteiger partial charge on any atom is -0.497 e. The first-order valence-electron chi connectivity index (χ1n) is 10.7. The Bertz CT molecular complexity index is 1230. The lowest BCUT2D eigenvalue weighted by Crippen LogP contribution is -2.50. The molecule has 3 aromatic rings. The molecule has 1 atom stereocenters. The van der Waals surface area contributed by atoms with Gasteiger partial charge in [-0.2, -0.15) is 4.31 Å². The van der Waals surface area contributed by atoms with Gasteiger partial charge >= 0.3 is 5.97 Å². The molecule has 2 heterocycles. The van der Waals surface area contributed by atoms with Crippen molar-refractivity contribution in [2.75, 3.05) is 39.9 Å². The molecule has 4 rings (SSSR count). The van der Waals surface area contributed by atoms with Crippen molar-refractivity contribution in [2.24, 2.45) is 0 Å². The monoisotopic (exact) mass is 473 g/mol. The van der Waals surface area contributed by atoms with E-state index in [1.165, 1.54) is 16.4 Å². The molecule has 2 aromatic carbocycles. The first kappa shape index (κ1) is 23.1. The second kappa shape index (κ2) is 9.42. The number of carboxylic acid groups (broad SMARTS) is 1. The zero-order valence-electron chi connectivity index (χ0n) is 18.5. The summed E-state index contributed by atoms with van der Waals surface area (Å²) in [5, 5.41) is 10.8. The van der Waals surface area contributed by atoms with Crippen molar-refractivity contribution in [1.82, 2.24) is 14.2 Å². The fourth-order valence-electron chi connectivity index (χ4n) is 4.19. The molecule has 33 heavy (non-hydrogen) atoms. The van der Waals surface area contributed by atoms with Crippen LogP contribution in [0, 0.1) is 0 Å². The molecule has 1 aliphatic heterocycles. The summed E-state index contributed by atoms with van der Waals surface area (Å²) in [6, 6.07) is 10.9. The smallest absolute Gasteiger partial charge is 0.325 e. The molecule has 0 saturated carbocycles. The molecule has 9 nitrogen and oxygen atoms in total. The Balaban J connectivity index is 1.52. The van der Waals surface area contributed by atoms with Crippen LogP contribution < -0.4 is 9.47 Å². The Kier molecular flexibility index (Phi) is 6.59. The first-order valence-corrected chi connectivity index (χ1v) is 12.1. The quantitative estimate of drug-likeness (QED) is 0.517. The number of H-pyrrole nitrogens is 1. The van der Waals surface area contributed by atoms with E-state index >= 15 is 0 Å². The molecule has 10 heteroatoms. The second-order valence-electron chi connectivity index (χ2n) is 7.74. The third-order valence-electron chi connectivity index (χ3n) is 5.86. The molecular weight excluding hydrogens is 446 g/mol. The summed E-state index contributed by atoms with van der Waals surface area (Å²) >= 11 is 0. The number of nitrogens with one attached hydrogen (secondary N) is 1. The van der Waals surface area contributed by atoms with E-state index in [1.807, 2.05) is 25.1 Å². The summed E-state index contributed by atoms with van der Waals surface area (Å²) in [5.74, 6) is 0.265. The summed E-state index contributed by atoms with van der Waals surface area (Å²) in [4.78, 5) is 17.4. The number of aliphatic carboxylic acids is 1. The molecule has 0 unspecified atom stereocenters. The van der Waals surface area contributed by atoms with Gasteiger partial charge in [-0.1, -0.05) is 0 Å². The van der Waals surface area contributed by atoms with E-state index in [0.29, 0.717) is 36.8 Å². The number of aromatic amines is 1. The fraction of sp³-hybridized carbons (Fsp3) is 0.348. The number of piperazine rings is 1. The van der Waals surface area contributed by atoms with E-state index < -0.39 is 22.0 Å². The van der Waals surface area contributed by atoms with Crippen molar-refractivity contribution in [2.45, 2.75) is 17.9 Å². The van der Waals surface area contributed by atoms with Gasteiger partial charge in [0.2, 0.25) is 10.0 Å². The molecule has 1 aromatic heterocycles. The average molecular weight is 474 g/mol. The number of sulfonamides is 1. The number of fused-ring (bicyclic) bond motifs is 1. The van der Waals surface area contributed by atoms with Gasteiger partial charge in [-0.3, -0.25) is 9.69 Å². The maximum atomic E-state index is 13.1. The van der Waals surface area contributed by atoms with Crippen LogP contribution in [0.3, 0.4) is 0 Å². The zero-order chi connectivity index (χ0) is 23.6. The van der Waals surface area contributed by atoms with Gasteiger partial charge in [0.15, 0.2) is 0 Å². The van der Waals surface area contributed by atoms with E-state index in [2.05, 4.69) is 4.98 Å². The van der Waals surface area contributed by atoms with E-state index in [1.54, 1.807) is 30.3 Å². The SMILES string of the molecule is CCOc1ccc(S(=O)(=O)N2CCN([C@@H](C(=O)O)c3c[nH]c4ccc(OC)cc34)CC2)cc1. The number of aromatic nitrogens is 1. The van der Waals surface area contributed by atoms with Gasteiger partial charge in [0.1, 0.15) is 17.5 Å². The minimum absolute atomic E-state index is 0.193. The topological polar surface area (TPSA) is 112 Å². The Morgan fingerprint density at radius 1 is 1.09 bits per heavy atom. The lowest BCUT2D eigenvalue weighted by molar-refractivity contribution is -0.144. The van der Waals surface area contributed by atoms with Crippen LogP contribution in [-0.4, -0.2) is 73.6 Å². The number of hydrogen-bond donors (Lipinski definition) is 2. The number of hydrogen-bond acceptors (Lipinski definition) is 6. The molecule has 0 bridgehead atoms. The molecule has 0 spiro atoms. The number of rotatable bonds is 8. The van der Waals surface area contributed by atoms with Crippen LogP contribution >= 0.6 is 0 Å². The summed E-state index contributed by atoms with van der Waals surface area (Å²) in [7, 11) is -2.12. The van der Waals surface area contributed by atoms with Gasteiger partial charge in [-0.05, 0) is 49.4 Å². The van der Waals surface area contributed by atoms with Crippen molar-refractivity contribution in [3.05, 3.63) is 54.2 Å². The summed E-state index contributed by atoms with van der Waals surface area (Å²) < 4.78 is 38.2. The fourth-order valence-corrected chi connectivity index (χ4v) is 5.61. The summed E-state index contributed by atoms with van der Waals surface area (Å²) in [5.41, 5.74) is 1.44. The van der Waals surface area contributed by atoms with Crippen LogP contribution in [0.25, 0.3) is 10.9 Å². The van der Waals surface area contributed by atoms with Crippen molar-refractivity contribution in [1.29, 1.82) is 0 Å². The number of carbonyl (C=O) groups is 1. The van der Waals surface area contributed by atoms with Crippen LogP contribution in [0.1, 0.15) is 18.5 Å². The highest BCUT2D eigenvalue weighted by Gasteiger charge is 2.35. The normalized spacial score (nSPS) is 16.5. The largest absolute Gasteiger partial charge is 0.497 e. The van der Waals surface area contributed by atoms with Crippen LogP contribution in [0.2, 0.25) is 0 Å². The lowest BCUT2D eigenvalue weighted by Gasteiger charge is -2.37. The highest BCUT2D eigenvalue weighted by molar-refractivity contribution is 7.89. The Morgan fingerprint density at radius 2 is 1.76 bits per heavy atom. The average Bonchev–Trinajstić information content (AvgIpc) is 3.22. The molecule has 0 radical (unpaired) electrons. The molecule has 0 aliphatic carbocycles. The van der Waals surface area contributed by atoms with E-state index in [0.717, 1.165) is 10.9 Å². The van der Waals surface area contributed by atoms with Crippen LogP contribution in [0.15, 0.2) is 53.6 Å². The van der Waals surface area contributed by atoms with Gasteiger partial charge in [-0.25, -0.2) is 8.42 Å². The van der Waals surface area contributed by atoms with E-state index in [-0.39, 0.29) is 18.0 Å². The van der Waals surface area contributed by atoms with Crippen molar-refractivity contribution in [3.63, 3.8) is 0 Å². The van der Waals surface area contributed by atoms with Crippen molar-refractivity contribution < 1.29 is 27.8 Å². The van der Waals surface area contributed by atoms with Gasteiger partial charge in [-0.15, -0.1) is 0 Å². The molecule has 1 aliphatic rings. The highest BCUT2D eigenvalue weighted by atomic mass is 32.2. The predicted molar refractivity (Wildman–Crippen MR) is 123 cm³/mol. The number of carboxylic acids is 1. The number of methoxy groups -OCH3 is 1. The maximum absolute atomic E-state index is 13.1. The van der Waals surface area contributed by atoms with Crippen LogP contribution in [0.5, 0.6) is 11.5 Å². The molecular formula is C23H27N3O6S. The molecule has 1 fully saturated rings. The van der Waals surface area contributed by atoms with Crippen LogP contribution in [0.4, 0.5) is 0 Å². The summed E-state index contributed by atoms with van der Waals surface area (Å²) in [6.07, 6.45) is 1.70. The summed E-state index contributed by atoms with van der Waals surface area (Å²) in [6.45, 7) is 3.35. The highest BCUT2D eigenvalue weighted by Crippen LogP contribution is 2.32. The van der Waals surface area contributed by atoms with Gasteiger partial charge in [0.05, 0.1) is 18.6 Å². The van der Waals surface area contributed by atoms with Crippen molar-refractivity contribution in [3.8, 4) is 11.5 Å². The second-order valence-corrected chi connectivity index (χ2v) is 9.68.